The van der Waals surface area contributed by atoms with E-state index in [0.717, 1.165) is 0 Å². The van der Waals surface area contributed by atoms with Gasteiger partial charge in [-0.25, -0.2) is 4.79 Å². The van der Waals surface area contributed by atoms with E-state index < -0.39 is 17.7 Å². The second kappa shape index (κ2) is 4.16. The van der Waals surface area contributed by atoms with E-state index in [0.29, 0.717) is 5.57 Å². The van der Waals surface area contributed by atoms with Crippen LogP contribution in [0.1, 0.15) is 12.8 Å². The molecule has 1 saturated carbocycles. The molecular formula is C9H13IO4. The molecule has 1 aliphatic rings. The Morgan fingerprint density at radius 1 is 1.71 bits per heavy atom. The van der Waals surface area contributed by atoms with Crippen LogP contribution < -0.4 is 0 Å². The van der Waals surface area contributed by atoms with Gasteiger partial charge in [-0.3, -0.25) is 0 Å². The van der Waals surface area contributed by atoms with Gasteiger partial charge in [0.15, 0.2) is 5.60 Å². The van der Waals surface area contributed by atoms with Crippen molar-refractivity contribution in [2.75, 3.05) is 7.11 Å². The predicted molar refractivity (Wildman–Crippen MR) is 59.2 cm³/mol. The van der Waals surface area contributed by atoms with E-state index in [9.17, 15) is 15.0 Å². The molecule has 0 bridgehead atoms. The smallest absolute Gasteiger partial charge is 0.338 e. The summed E-state index contributed by atoms with van der Waals surface area (Å²) >= 11 is 2.05. The summed E-state index contributed by atoms with van der Waals surface area (Å²) in [6, 6.07) is 0. The minimum atomic E-state index is -1.57. The molecule has 0 saturated heterocycles. The second-order valence-corrected chi connectivity index (χ2v) is 4.99. The minimum absolute atomic E-state index is 0.0298. The molecule has 0 aliphatic heterocycles. The fourth-order valence-corrected chi connectivity index (χ4v) is 2.67. The predicted octanol–water partition coefficient (Wildman–Crippen LogP) is 0.405. The molecule has 1 fully saturated rings. The fraction of sp³-hybridized carbons (Fsp3) is 0.667. The first-order chi connectivity index (χ1) is 6.40. The van der Waals surface area contributed by atoms with Crippen molar-refractivity contribution in [1.82, 2.24) is 0 Å². The van der Waals surface area contributed by atoms with Crippen LogP contribution in [-0.2, 0) is 9.53 Å². The maximum Gasteiger partial charge on any atom is 0.338 e. The summed E-state index contributed by atoms with van der Waals surface area (Å²) in [5, 5.41) is 19.5. The summed E-state index contributed by atoms with van der Waals surface area (Å²) in [7, 11) is 1.22. The van der Waals surface area contributed by atoms with E-state index in [1.807, 2.05) is 22.6 Å². The minimum Gasteiger partial charge on any atom is -0.467 e. The van der Waals surface area contributed by atoms with Gasteiger partial charge in [0.1, 0.15) is 0 Å². The molecular weight excluding hydrogens is 299 g/mol. The molecule has 0 amide bonds. The molecule has 0 spiro atoms. The topological polar surface area (TPSA) is 66.8 Å². The van der Waals surface area contributed by atoms with Crippen molar-refractivity contribution < 1.29 is 19.7 Å². The van der Waals surface area contributed by atoms with E-state index in [-0.39, 0.29) is 16.8 Å². The van der Waals surface area contributed by atoms with E-state index in [1.165, 1.54) is 7.11 Å². The molecule has 0 radical (unpaired) electrons. The zero-order valence-electron chi connectivity index (χ0n) is 7.86. The van der Waals surface area contributed by atoms with Crippen LogP contribution in [-0.4, -0.2) is 38.9 Å². The van der Waals surface area contributed by atoms with Crippen molar-refractivity contribution >= 4 is 28.6 Å². The Balaban J connectivity index is 2.84. The molecule has 4 nitrogen and oxygen atoms in total. The van der Waals surface area contributed by atoms with Crippen LogP contribution in [0.4, 0.5) is 0 Å². The number of ether oxygens (including phenoxy) is 1. The maximum atomic E-state index is 11.3. The molecule has 2 N–H and O–H groups in total. The monoisotopic (exact) mass is 312 g/mol. The van der Waals surface area contributed by atoms with Crippen LogP contribution in [0.15, 0.2) is 12.2 Å². The zero-order valence-corrected chi connectivity index (χ0v) is 10.0. The third kappa shape index (κ3) is 2.09. The number of alkyl halides is 1. The Morgan fingerprint density at radius 2 is 2.29 bits per heavy atom. The number of carbonyl (C=O) groups excluding carboxylic acids is 1. The standard InChI is InChI=1S/C9H13IO4/c1-5-6(10)3-9(13,4-7(5)11)8(12)14-2/h6-7,11,13H,1,3-4H2,2H3/t6-,7-,9-/m1/s1. The highest BCUT2D eigenvalue weighted by Gasteiger charge is 2.46. The van der Waals surface area contributed by atoms with Crippen LogP contribution in [0.5, 0.6) is 0 Å². The summed E-state index contributed by atoms with van der Waals surface area (Å²) in [5.41, 5.74) is -0.916. The summed E-state index contributed by atoms with van der Waals surface area (Å²) in [4.78, 5) is 11.3. The van der Waals surface area contributed by atoms with Gasteiger partial charge in [-0.15, -0.1) is 0 Å². The van der Waals surface area contributed by atoms with E-state index in [1.54, 1.807) is 0 Å². The van der Waals surface area contributed by atoms with Gasteiger partial charge in [0, 0.05) is 16.8 Å². The van der Waals surface area contributed by atoms with Crippen LogP contribution in [0, 0.1) is 0 Å². The van der Waals surface area contributed by atoms with E-state index in [4.69, 9.17) is 0 Å². The Labute approximate surface area is 96.1 Å². The van der Waals surface area contributed by atoms with Gasteiger partial charge in [-0.1, -0.05) is 29.2 Å². The number of rotatable bonds is 1. The number of esters is 1. The lowest BCUT2D eigenvalue weighted by molar-refractivity contribution is -0.167. The van der Waals surface area contributed by atoms with Gasteiger partial charge in [-0.05, 0) is 5.57 Å². The zero-order chi connectivity index (χ0) is 10.9. The van der Waals surface area contributed by atoms with Crippen molar-refractivity contribution in [1.29, 1.82) is 0 Å². The number of carbonyl (C=O) groups is 1. The number of methoxy groups -OCH3 is 1. The highest BCUT2D eigenvalue weighted by Crippen LogP contribution is 2.36. The molecule has 1 rings (SSSR count). The largest absolute Gasteiger partial charge is 0.467 e. The molecule has 0 aromatic heterocycles. The van der Waals surface area contributed by atoms with Crippen LogP contribution in [0.2, 0.25) is 0 Å². The van der Waals surface area contributed by atoms with Gasteiger partial charge in [0.25, 0.3) is 0 Å². The Morgan fingerprint density at radius 3 is 2.71 bits per heavy atom. The van der Waals surface area contributed by atoms with Gasteiger partial charge in [0.2, 0.25) is 0 Å². The van der Waals surface area contributed by atoms with Crippen LogP contribution in [0.3, 0.4) is 0 Å². The van der Waals surface area contributed by atoms with Gasteiger partial charge >= 0.3 is 5.97 Å². The summed E-state index contributed by atoms with van der Waals surface area (Å²) in [5.74, 6) is -0.689. The molecule has 5 heteroatoms. The summed E-state index contributed by atoms with van der Waals surface area (Å²) in [6.45, 7) is 3.71. The number of aliphatic hydroxyl groups is 2. The Bertz CT molecular complexity index is 250. The molecule has 0 aromatic carbocycles. The number of halogens is 1. The molecule has 80 valence electrons. The molecule has 14 heavy (non-hydrogen) atoms. The molecule has 3 atom stereocenters. The van der Waals surface area contributed by atoms with Gasteiger partial charge < -0.3 is 14.9 Å². The number of hydrogen-bond donors (Lipinski definition) is 2. The lowest BCUT2D eigenvalue weighted by atomic mass is 9.81. The third-order valence-corrected chi connectivity index (χ3v) is 3.68. The first-order valence-corrected chi connectivity index (χ1v) is 5.47. The van der Waals surface area contributed by atoms with Crippen LogP contribution in [0.25, 0.3) is 0 Å². The maximum absolute atomic E-state index is 11.3. The Kier molecular flexibility index (Phi) is 3.54. The third-order valence-electron chi connectivity index (χ3n) is 2.44. The lowest BCUT2D eigenvalue weighted by Crippen LogP contribution is -2.49. The summed E-state index contributed by atoms with van der Waals surface area (Å²) in [6.07, 6.45) is -0.622. The van der Waals surface area contributed by atoms with Crippen molar-refractivity contribution in [2.24, 2.45) is 0 Å². The van der Waals surface area contributed by atoms with Crippen molar-refractivity contribution in [2.45, 2.75) is 28.5 Å². The van der Waals surface area contributed by atoms with E-state index in [2.05, 4.69) is 11.3 Å². The quantitative estimate of drug-likeness (QED) is 0.318. The number of hydrogen-bond acceptors (Lipinski definition) is 4. The highest BCUT2D eigenvalue weighted by molar-refractivity contribution is 14.1. The lowest BCUT2D eigenvalue weighted by Gasteiger charge is -2.36. The van der Waals surface area contributed by atoms with Gasteiger partial charge in [0.05, 0.1) is 13.2 Å². The molecule has 0 aromatic rings. The SMILES string of the molecule is C=C1[C@H](O)C[C@@](O)(C(=O)OC)C[C@H]1I. The normalized spacial score (nSPS) is 38.1. The summed E-state index contributed by atoms with van der Waals surface area (Å²) < 4.78 is 4.38. The van der Waals surface area contributed by atoms with Crippen molar-refractivity contribution in [3.63, 3.8) is 0 Å². The highest BCUT2D eigenvalue weighted by atomic mass is 127. The molecule has 1 aliphatic carbocycles. The molecule has 0 unspecified atom stereocenters. The average Bonchev–Trinajstić information content (AvgIpc) is 2.12. The number of aliphatic hydroxyl groups excluding tert-OH is 1. The fourth-order valence-electron chi connectivity index (χ4n) is 1.53. The second-order valence-electron chi connectivity index (χ2n) is 3.49. The first kappa shape index (κ1) is 11.9. The van der Waals surface area contributed by atoms with Crippen LogP contribution >= 0.6 is 22.6 Å². The first-order valence-electron chi connectivity index (χ1n) is 4.22. The average molecular weight is 312 g/mol. The molecule has 0 heterocycles. The van der Waals surface area contributed by atoms with Gasteiger partial charge in [-0.2, -0.15) is 0 Å². The van der Waals surface area contributed by atoms with E-state index >= 15 is 0 Å². The Hall–Kier alpha value is -0.140. The van der Waals surface area contributed by atoms with Crippen molar-refractivity contribution in [3.8, 4) is 0 Å². The van der Waals surface area contributed by atoms with Crippen molar-refractivity contribution in [3.05, 3.63) is 12.2 Å².